The highest BCUT2D eigenvalue weighted by atomic mass is 35.5. The Morgan fingerprint density at radius 3 is 2.91 bits per heavy atom. The first-order chi connectivity index (χ1) is 11.0. The Labute approximate surface area is 141 Å². The van der Waals surface area contributed by atoms with E-state index >= 15 is 0 Å². The van der Waals surface area contributed by atoms with Crippen molar-refractivity contribution >= 4 is 23.4 Å². The van der Waals surface area contributed by atoms with Gasteiger partial charge in [0.2, 0.25) is 11.8 Å². The number of benzene rings is 1. The Morgan fingerprint density at radius 2 is 2.26 bits per heavy atom. The zero-order valence-electron chi connectivity index (χ0n) is 13.4. The molecular formula is C17H23ClN2O3. The number of rotatable bonds is 7. The molecule has 1 fully saturated rings. The fourth-order valence-corrected chi connectivity index (χ4v) is 2.78. The van der Waals surface area contributed by atoms with E-state index < -0.39 is 0 Å². The summed E-state index contributed by atoms with van der Waals surface area (Å²) in [7, 11) is 0. The maximum Gasteiger partial charge on any atom is 0.239 e. The van der Waals surface area contributed by atoms with Gasteiger partial charge in [0.25, 0.3) is 0 Å². The van der Waals surface area contributed by atoms with Crippen molar-refractivity contribution in [3.05, 3.63) is 34.9 Å². The van der Waals surface area contributed by atoms with Gasteiger partial charge in [0, 0.05) is 31.6 Å². The van der Waals surface area contributed by atoms with E-state index in [4.69, 9.17) is 16.3 Å². The molecular weight excluding hydrogens is 316 g/mol. The number of hydrogen-bond donors (Lipinski definition) is 1. The number of ether oxygens (including phenoxy) is 1. The van der Waals surface area contributed by atoms with E-state index in [0.717, 1.165) is 25.0 Å². The van der Waals surface area contributed by atoms with Crippen molar-refractivity contribution < 1.29 is 14.3 Å². The predicted molar refractivity (Wildman–Crippen MR) is 89.4 cm³/mol. The van der Waals surface area contributed by atoms with E-state index in [0.29, 0.717) is 24.5 Å². The van der Waals surface area contributed by atoms with Crippen molar-refractivity contribution in [2.24, 2.45) is 0 Å². The van der Waals surface area contributed by atoms with Gasteiger partial charge in [-0.25, -0.2) is 0 Å². The lowest BCUT2D eigenvalue weighted by Gasteiger charge is -2.21. The third-order valence-corrected chi connectivity index (χ3v) is 4.13. The molecule has 2 amide bonds. The first-order valence-electron chi connectivity index (χ1n) is 7.93. The van der Waals surface area contributed by atoms with Crippen LogP contribution >= 0.6 is 11.6 Å². The summed E-state index contributed by atoms with van der Waals surface area (Å²) < 4.78 is 5.46. The van der Waals surface area contributed by atoms with Crippen LogP contribution in [0.5, 0.6) is 0 Å². The van der Waals surface area contributed by atoms with Gasteiger partial charge in [-0.15, -0.1) is 0 Å². The summed E-state index contributed by atoms with van der Waals surface area (Å²) in [4.78, 5) is 25.3. The second-order valence-electron chi connectivity index (χ2n) is 5.76. The van der Waals surface area contributed by atoms with Gasteiger partial charge in [-0.1, -0.05) is 23.7 Å². The van der Waals surface area contributed by atoms with Crippen LogP contribution in [-0.2, 0) is 20.7 Å². The smallest absolute Gasteiger partial charge is 0.239 e. The monoisotopic (exact) mass is 338 g/mol. The maximum absolute atomic E-state index is 12.0. The number of carbonyl (C=O) groups is 2. The minimum Gasteiger partial charge on any atom is -0.376 e. The van der Waals surface area contributed by atoms with Crippen molar-refractivity contribution in [1.29, 1.82) is 0 Å². The quantitative estimate of drug-likeness (QED) is 0.827. The van der Waals surface area contributed by atoms with Crippen molar-refractivity contribution in [2.75, 3.05) is 26.2 Å². The predicted octanol–water partition coefficient (Wildman–Crippen LogP) is 2.03. The van der Waals surface area contributed by atoms with Gasteiger partial charge in [-0.2, -0.15) is 0 Å². The fourth-order valence-electron chi connectivity index (χ4n) is 2.57. The van der Waals surface area contributed by atoms with E-state index in [1.54, 1.807) is 4.90 Å². The molecule has 5 nitrogen and oxygen atoms in total. The summed E-state index contributed by atoms with van der Waals surface area (Å²) >= 11 is 5.95. The van der Waals surface area contributed by atoms with Crippen LogP contribution in [0, 0.1) is 0 Å². The second kappa shape index (κ2) is 8.89. The summed E-state index contributed by atoms with van der Waals surface area (Å²) in [5.74, 6) is -0.263. The Kier molecular flexibility index (Phi) is 6.86. The van der Waals surface area contributed by atoms with Crippen LogP contribution in [0.25, 0.3) is 0 Å². The number of nitrogens with one attached hydrogen (secondary N) is 1. The Morgan fingerprint density at radius 1 is 1.43 bits per heavy atom. The van der Waals surface area contributed by atoms with Crippen LogP contribution in [0.2, 0.25) is 5.02 Å². The summed E-state index contributed by atoms with van der Waals surface area (Å²) in [6.45, 7) is 3.32. The molecule has 0 spiro atoms. The van der Waals surface area contributed by atoms with Crippen molar-refractivity contribution in [2.45, 2.75) is 32.3 Å². The van der Waals surface area contributed by atoms with E-state index in [1.165, 1.54) is 6.92 Å². The topological polar surface area (TPSA) is 58.6 Å². The summed E-state index contributed by atoms with van der Waals surface area (Å²) in [6, 6.07) is 7.52. The van der Waals surface area contributed by atoms with E-state index in [9.17, 15) is 9.59 Å². The van der Waals surface area contributed by atoms with Crippen LogP contribution in [0.3, 0.4) is 0 Å². The van der Waals surface area contributed by atoms with Gasteiger partial charge in [0.15, 0.2) is 0 Å². The van der Waals surface area contributed by atoms with Gasteiger partial charge >= 0.3 is 0 Å². The molecule has 0 aromatic heterocycles. The first kappa shape index (κ1) is 17.8. The Hall–Kier alpha value is -1.59. The lowest BCUT2D eigenvalue weighted by atomic mass is 10.1. The van der Waals surface area contributed by atoms with Gasteiger partial charge in [-0.05, 0) is 37.0 Å². The molecule has 0 saturated carbocycles. The molecule has 1 aliphatic rings. The van der Waals surface area contributed by atoms with Crippen molar-refractivity contribution in [3.63, 3.8) is 0 Å². The highest BCUT2D eigenvalue weighted by Crippen LogP contribution is 2.12. The van der Waals surface area contributed by atoms with Gasteiger partial charge < -0.3 is 15.0 Å². The molecule has 126 valence electrons. The molecule has 6 heteroatoms. The summed E-state index contributed by atoms with van der Waals surface area (Å²) in [5, 5.41) is 3.51. The molecule has 1 aliphatic heterocycles. The molecule has 1 unspecified atom stereocenters. The second-order valence-corrected chi connectivity index (χ2v) is 6.20. The van der Waals surface area contributed by atoms with Crippen molar-refractivity contribution in [3.8, 4) is 0 Å². The van der Waals surface area contributed by atoms with Gasteiger partial charge in [0.05, 0.1) is 12.6 Å². The molecule has 1 aromatic rings. The highest BCUT2D eigenvalue weighted by molar-refractivity contribution is 6.30. The fraction of sp³-hybridized carbons (Fsp3) is 0.529. The minimum absolute atomic E-state index is 0.0720. The van der Waals surface area contributed by atoms with E-state index in [2.05, 4.69) is 5.32 Å². The first-order valence-corrected chi connectivity index (χ1v) is 8.30. The lowest BCUT2D eigenvalue weighted by molar-refractivity contribution is -0.134. The Balaban J connectivity index is 1.78. The number of nitrogens with zero attached hydrogens (tertiary/aromatic N) is 1. The average molecular weight is 339 g/mol. The molecule has 1 heterocycles. The zero-order chi connectivity index (χ0) is 16.7. The molecule has 1 aromatic carbocycles. The van der Waals surface area contributed by atoms with Gasteiger partial charge in [-0.3, -0.25) is 9.59 Å². The molecule has 1 N–H and O–H groups in total. The molecule has 1 atom stereocenters. The summed E-state index contributed by atoms with van der Waals surface area (Å²) in [5.41, 5.74) is 1.04. The minimum atomic E-state index is -0.151. The van der Waals surface area contributed by atoms with Gasteiger partial charge in [0.1, 0.15) is 0 Å². The van der Waals surface area contributed by atoms with Crippen LogP contribution < -0.4 is 5.32 Å². The number of amides is 2. The largest absolute Gasteiger partial charge is 0.376 e. The normalized spacial score (nSPS) is 17.0. The standard InChI is InChI=1S/C17H23ClN2O3/c1-13(21)20(8-7-14-4-2-5-15(18)10-14)12-17(22)19-11-16-6-3-9-23-16/h2,4-5,10,16H,3,6-9,11-12H2,1H3,(H,19,22). The number of halogens is 1. The van der Waals surface area contributed by atoms with E-state index in [1.807, 2.05) is 24.3 Å². The average Bonchev–Trinajstić information content (AvgIpc) is 3.02. The van der Waals surface area contributed by atoms with Crippen LogP contribution in [0.4, 0.5) is 0 Å². The SMILES string of the molecule is CC(=O)N(CCc1cccc(Cl)c1)CC(=O)NCC1CCCO1. The molecule has 0 radical (unpaired) electrons. The number of hydrogen-bond acceptors (Lipinski definition) is 3. The zero-order valence-corrected chi connectivity index (χ0v) is 14.1. The van der Waals surface area contributed by atoms with Crippen LogP contribution in [0.15, 0.2) is 24.3 Å². The van der Waals surface area contributed by atoms with Crippen molar-refractivity contribution in [1.82, 2.24) is 10.2 Å². The third kappa shape index (κ3) is 6.20. The lowest BCUT2D eigenvalue weighted by Crippen LogP contribution is -2.42. The molecule has 0 aliphatic carbocycles. The molecule has 2 rings (SSSR count). The number of carbonyl (C=O) groups excluding carboxylic acids is 2. The summed E-state index contributed by atoms with van der Waals surface area (Å²) in [6.07, 6.45) is 2.79. The molecule has 0 bridgehead atoms. The van der Waals surface area contributed by atoms with E-state index in [-0.39, 0.29) is 24.5 Å². The Bertz CT molecular complexity index is 544. The van der Waals surface area contributed by atoms with Crippen LogP contribution in [0.1, 0.15) is 25.3 Å². The molecule has 1 saturated heterocycles. The van der Waals surface area contributed by atoms with Crippen LogP contribution in [-0.4, -0.2) is 49.1 Å². The third-order valence-electron chi connectivity index (χ3n) is 3.89. The highest BCUT2D eigenvalue weighted by Gasteiger charge is 2.18. The maximum atomic E-state index is 12.0. The molecule has 23 heavy (non-hydrogen) atoms.